The molecule has 0 amide bonds. The van der Waals surface area contributed by atoms with Crippen LogP contribution < -0.4 is 4.90 Å². The van der Waals surface area contributed by atoms with E-state index in [1.807, 2.05) is 0 Å². The lowest BCUT2D eigenvalue weighted by atomic mass is 9.68. The Morgan fingerprint density at radius 3 is 1.98 bits per heavy atom. The lowest BCUT2D eigenvalue weighted by Crippen LogP contribution is -2.33. The van der Waals surface area contributed by atoms with Gasteiger partial charge < -0.3 is 4.90 Å². The molecule has 0 aromatic heterocycles. The standard InChI is InChI=1S/C45H45N/c1-34-22-30-42(31-23-34)46(41-20-12-5-13-21-41)43-32-28-36(29-33-43)35-24-26-40(27-25-35)45(39-18-10-4-11-19-39)44(37-14-6-2-7-15-37)38-16-8-3-9-17-38/h2,4,6-8,10-12,14-16,18-32,38,43-45H,3,5,9,13,17,33H2,1H3. The highest BCUT2D eigenvalue weighted by molar-refractivity contribution is 5.76. The highest BCUT2D eigenvalue weighted by atomic mass is 15.2. The van der Waals surface area contributed by atoms with Gasteiger partial charge in [0.15, 0.2) is 0 Å². The Labute approximate surface area is 276 Å². The molecule has 4 aromatic carbocycles. The summed E-state index contributed by atoms with van der Waals surface area (Å²) in [5, 5.41) is 0. The Morgan fingerprint density at radius 2 is 1.35 bits per heavy atom. The van der Waals surface area contributed by atoms with Crippen LogP contribution in [-0.4, -0.2) is 6.04 Å². The lowest BCUT2D eigenvalue weighted by molar-refractivity contribution is 0.414. The van der Waals surface area contributed by atoms with E-state index in [1.165, 1.54) is 64.0 Å². The number of hydrogen-bond acceptors (Lipinski definition) is 1. The number of rotatable bonds is 9. The molecule has 1 heteroatoms. The number of nitrogens with zero attached hydrogens (tertiary/aromatic N) is 1. The summed E-state index contributed by atoms with van der Waals surface area (Å²) in [4.78, 5) is 2.51. The van der Waals surface area contributed by atoms with E-state index in [2.05, 4.69) is 170 Å². The van der Waals surface area contributed by atoms with Crippen molar-refractivity contribution in [2.45, 2.75) is 63.3 Å². The van der Waals surface area contributed by atoms with Gasteiger partial charge in [-0.05, 0) is 97.4 Å². The second-order valence-corrected chi connectivity index (χ2v) is 13.1. The average molecular weight is 600 g/mol. The number of hydrogen-bond donors (Lipinski definition) is 0. The molecule has 0 N–H and O–H groups in total. The van der Waals surface area contributed by atoms with Crippen LogP contribution in [0.25, 0.3) is 5.57 Å². The fourth-order valence-electron chi connectivity index (χ4n) is 7.68. The highest BCUT2D eigenvalue weighted by Gasteiger charge is 2.32. The van der Waals surface area contributed by atoms with Crippen molar-refractivity contribution in [1.29, 1.82) is 0 Å². The summed E-state index contributed by atoms with van der Waals surface area (Å²) < 4.78 is 0. The van der Waals surface area contributed by atoms with E-state index in [4.69, 9.17) is 0 Å². The molecule has 0 saturated heterocycles. The molecule has 4 unspecified atom stereocenters. The van der Waals surface area contributed by atoms with Gasteiger partial charge in [0, 0.05) is 23.2 Å². The molecule has 0 saturated carbocycles. The molecule has 4 aromatic rings. The monoisotopic (exact) mass is 599 g/mol. The minimum atomic E-state index is 0.283. The van der Waals surface area contributed by atoms with Gasteiger partial charge in [0.05, 0.1) is 6.04 Å². The molecule has 0 radical (unpaired) electrons. The molecule has 0 bridgehead atoms. The molecular formula is C45H45N. The van der Waals surface area contributed by atoms with Crippen molar-refractivity contribution in [3.63, 3.8) is 0 Å². The number of anilines is 1. The van der Waals surface area contributed by atoms with Crippen LogP contribution >= 0.6 is 0 Å². The van der Waals surface area contributed by atoms with Crippen molar-refractivity contribution in [3.8, 4) is 0 Å². The van der Waals surface area contributed by atoms with Gasteiger partial charge in [-0.3, -0.25) is 0 Å². The third-order valence-corrected chi connectivity index (χ3v) is 10.0. The van der Waals surface area contributed by atoms with Crippen LogP contribution in [0.15, 0.2) is 163 Å². The van der Waals surface area contributed by atoms with Gasteiger partial charge in [-0.15, -0.1) is 0 Å². The second-order valence-electron chi connectivity index (χ2n) is 13.1. The smallest absolute Gasteiger partial charge is 0.0560 e. The van der Waals surface area contributed by atoms with Crippen molar-refractivity contribution >= 4 is 11.3 Å². The summed E-state index contributed by atoms with van der Waals surface area (Å²) in [7, 11) is 0. The first-order valence-corrected chi connectivity index (χ1v) is 17.2. The maximum Gasteiger partial charge on any atom is 0.0560 e. The summed E-state index contributed by atoms with van der Waals surface area (Å²) >= 11 is 0. The van der Waals surface area contributed by atoms with Crippen molar-refractivity contribution in [3.05, 3.63) is 191 Å². The number of aryl methyl sites for hydroxylation is 1. The molecule has 1 nitrogen and oxygen atoms in total. The van der Waals surface area contributed by atoms with Gasteiger partial charge in [-0.1, -0.05) is 145 Å². The van der Waals surface area contributed by atoms with Gasteiger partial charge in [0.2, 0.25) is 0 Å². The molecule has 4 atom stereocenters. The van der Waals surface area contributed by atoms with Crippen LogP contribution in [0.2, 0.25) is 0 Å². The topological polar surface area (TPSA) is 3.24 Å². The van der Waals surface area contributed by atoms with Gasteiger partial charge in [0.1, 0.15) is 0 Å². The van der Waals surface area contributed by atoms with Crippen molar-refractivity contribution < 1.29 is 0 Å². The third-order valence-electron chi connectivity index (χ3n) is 10.0. The first-order valence-electron chi connectivity index (χ1n) is 17.2. The fraction of sp³-hybridized carbons (Fsp3) is 0.244. The SMILES string of the molecule is Cc1ccc(N(C2=CCCC=C2)C2C=CC(c3ccc(C(c4ccccc4)C(c4ccccc4)C4C=CCCC4)cc3)=CC2)cc1. The van der Waals surface area contributed by atoms with Crippen LogP contribution in [0, 0.1) is 12.8 Å². The highest BCUT2D eigenvalue weighted by Crippen LogP contribution is 2.46. The average Bonchev–Trinajstić information content (AvgIpc) is 3.13. The third kappa shape index (κ3) is 6.65. The van der Waals surface area contributed by atoms with E-state index in [1.54, 1.807) is 0 Å². The predicted octanol–water partition coefficient (Wildman–Crippen LogP) is 11.7. The van der Waals surface area contributed by atoms with Crippen molar-refractivity contribution in [2.24, 2.45) is 5.92 Å². The molecule has 7 rings (SSSR count). The Kier molecular flexibility index (Phi) is 9.29. The van der Waals surface area contributed by atoms with Gasteiger partial charge in [-0.2, -0.15) is 0 Å². The van der Waals surface area contributed by atoms with Crippen LogP contribution in [0.1, 0.15) is 78.2 Å². The van der Waals surface area contributed by atoms with E-state index in [0.717, 1.165) is 19.3 Å². The molecule has 0 spiro atoms. The number of benzene rings is 4. The van der Waals surface area contributed by atoms with Gasteiger partial charge >= 0.3 is 0 Å². The predicted molar refractivity (Wildman–Crippen MR) is 196 cm³/mol. The van der Waals surface area contributed by atoms with E-state index < -0.39 is 0 Å². The van der Waals surface area contributed by atoms with Crippen LogP contribution in [0.4, 0.5) is 5.69 Å². The summed E-state index contributed by atoms with van der Waals surface area (Å²) in [6, 6.07) is 41.2. The fourth-order valence-corrected chi connectivity index (χ4v) is 7.68. The Balaban J connectivity index is 1.17. The minimum absolute atomic E-state index is 0.283. The number of allylic oxidation sites excluding steroid dienone is 7. The van der Waals surface area contributed by atoms with E-state index in [-0.39, 0.29) is 12.0 Å². The maximum atomic E-state index is 2.51. The van der Waals surface area contributed by atoms with E-state index in [9.17, 15) is 0 Å². The molecule has 46 heavy (non-hydrogen) atoms. The molecule has 0 heterocycles. The zero-order valence-corrected chi connectivity index (χ0v) is 27.0. The van der Waals surface area contributed by atoms with E-state index in [0.29, 0.717) is 11.8 Å². The van der Waals surface area contributed by atoms with Gasteiger partial charge in [-0.25, -0.2) is 0 Å². The Morgan fingerprint density at radius 1 is 0.630 bits per heavy atom. The summed E-state index contributed by atoms with van der Waals surface area (Å²) in [6.07, 6.45) is 26.0. The summed E-state index contributed by atoms with van der Waals surface area (Å²) in [5.41, 5.74) is 10.7. The Hall–Kier alpha value is -4.62. The summed E-state index contributed by atoms with van der Waals surface area (Å²) in [5.74, 6) is 1.19. The van der Waals surface area contributed by atoms with Crippen molar-refractivity contribution in [2.75, 3.05) is 4.90 Å². The molecular weight excluding hydrogens is 555 g/mol. The zero-order valence-electron chi connectivity index (χ0n) is 27.0. The second kappa shape index (κ2) is 14.2. The largest absolute Gasteiger partial charge is 0.335 e. The zero-order chi connectivity index (χ0) is 31.1. The quantitative estimate of drug-likeness (QED) is 0.173. The maximum absolute atomic E-state index is 2.51. The molecule has 3 aliphatic rings. The van der Waals surface area contributed by atoms with Crippen LogP contribution in [0.3, 0.4) is 0 Å². The van der Waals surface area contributed by atoms with Crippen molar-refractivity contribution in [1.82, 2.24) is 0 Å². The molecule has 230 valence electrons. The normalized spacial score (nSPS) is 20.5. The lowest BCUT2D eigenvalue weighted by Gasteiger charge is -2.35. The molecule has 3 aliphatic carbocycles. The van der Waals surface area contributed by atoms with Crippen LogP contribution in [0.5, 0.6) is 0 Å². The summed E-state index contributed by atoms with van der Waals surface area (Å²) in [6.45, 7) is 2.16. The first-order chi connectivity index (χ1) is 22.7. The van der Waals surface area contributed by atoms with E-state index >= 15 is 0 Å². The minimum Gasteiger partial charge on any atom is -0.335 e. The Bertz CT molecular complexity index is 1740. The van der Waals surface area contributed by atoms with Gasteiger partial charge in [0.25, 0.3) is 0 Å². The van der Waals surface area contributed by atoms with Crippen LogP contribution in [-0.2, 0) is 0 Å². The first kappa shape index (κ1) is 30.1. The molecule has 0 fully saturated rings. The molecule has 0 aliphatic heterocycles.